The average molecular weight is 345 g/mol. The van der Waals surface area contributed by atoms with Gasteiger partial charge in [-0.3, -0.25) is 5.10 Å². The predicted molar refractivity (Wildman–Crippen MR) is 93.3 cm³/mol. The minimum absolute atomic E-state index is 0.372. The standard InChI is InChI=1S/C17H21ClN6/c1-10(2)14-7-15(23-22-14)11-3-5-12(6-4-11)24-17-13(8-21-24)16(18)19-9-20-17/h7-12H,3-6H2,1-2H3,(H,22,23). The number of hydrogen-bond donors (Lipinski definition) is 1. The van der Waals surface area contributed by atoms with E-state index in [1.54, 1.807) is 6.20 Å². The number of rotatable bonds is 3. The van der Waals surface area contributed by atoms with Gasteiger partial charge in [-0.15, -0.1) is 0 Å². The molecule has 0 unspecified atom stereocenters. The Morgan fingerprint density at radius 2 is 2.00 bits per heavy atom. The maximum absolute atomic E-state index is 6.12. The van der Waals surface area contributed by atoms with E-state index in [0.717, 1.165) is 42.4 Å². The molecule has 0 aliphatic heterocycles. The monoisotopic (exact) mass is 344 g/mol. The predicted octanol–water partition coefficient (Wildman–Crippen LogP) is 4.23. The lowest BCUT2D eigenvalue weighted by molar-refractivity contribution is 0.306. The normalized spacial score (nSPS) is 21.7. The molecule has 1 N–H and O–H groups in total. The first-order chi connectivity index (χ1) is 11.6. The molecule has 3 heterocycles. The van der Waals surface area contributed by atoms with Crippen molar-refractivity contribution in [2.45, 2.75) is 57.4 Å². The Balaban J connectivity index is 1.50. The van der Waals surface area contributed by atoms with E-state index in [9.17, 15) is 0 Å². The van der Waals surface area contributed by atoms with Crippen LogP contribution in [0.2, 0.25) is 5.15 Å². The van der Waals surface area contributed by atoms with Crippen LogP contribution in [0.3, 0.4) is 0 Å². The summed E-state index contributed by atoms with van der Waals surface area (Å²) in [5.74, 6) is 1.02. The second-order valence-corrected chi connectivity index (χ2v) is 7.26. The Morgan fingerprint density at radius 1 is 1.21 bits per heavy atom. The fourth-order valence-corrected chi connectivity index (χ4v) is 3.77. The number of halogens is 1. The Kier molecular flexibility index (Phi) is 4.00. The molecule has 1 saturated carbocycles. The number of fused-ring (bicyclic) bond motifs is 1. The largest absolute Gasteiger partial charge is 0.282 e. The number of hydrogen-bond acceptors (Lipinski definition) is 4. The van der Waals surface area contributed by atoms with E-state index in [2.05, 4.69) is 45.2 Å². The van der Waals surface area contributed by atoms with E-state index in [1.807, 2.05) is 4.68 Å². The smallest absolute Gasteiger partial charge is 0.162 e. The lowest BCUT2D eigenvalue weighted by atomic mass is 9.84. The highest BCUT2D eigenvalue weighted by atomic mass is 35.5. The summed E-state index contributed by atoms with van der Waals surface area (Å²) >= 11 is 6.12. The van der Waals surface area contributed by atoms with E-state index in [-0.39, 0.29) is 0 Å². The first-order valence-electron chi connectivity index (χ1n) is 8.52. The third-order valence-corrected chi connectivity index (χ3v) is 5.34. The minimum Gasteiger partial charge on any atom is -0.282 e. The van der Waals surface area contributed by atoms with Gasteiger partial charge in [-0.05, 0) is 37.7 Å². The number of aromatic nitrogens is 6. The molecule has 1 fully saturated rings. The molecule has 1 aliphatic rings. The van der Waals surface area contributed by atoms with Gasteiger partial charge < -0.3 is 0 Å². The molecule has 0 amide bonds. The molecule has 3 aromatic heterocycles. The summed E-state index contributed by atoms with van der Waals surface area (Å²) in [6.45, 7) is 4.35. The van der Waals surface area contributed by atoms with Crippen molar-refractivity contribution in [3.05, 3.63) is 35.1 Å². The Morgan fingerprint density at radius 3 is 2.71 bits per heavy atom. The summed E-state index contributed by atoms with van der Waals surface area (Å²) < 4.78 is 2.02. The maximum Gasteiger partial charge on any atom is 0.162 e. The minimum atomic E-state index is 0.372. The van der Waals surface area contributed by atoms with Gasteiger partial charge in [-0.2, -0.15) is 10.2 Å². The SMILES string of the molecule is CC(C)c1cc(C2CCC(n3ncc4c(Cl)ncnc43)CC2)[nH]n1. The molecule has 1 aliphatic carbocycles. The molecule has 3 aromatic rings. The molecule has 0 saturated heterocycles. The van der Waals surface area contributed by atoms with E-state index < -0.39 is 0 Å². The van der Waals surface area contributed by atoms with Crippen molar-refractivity contribution < 1.29 is 0 Å². The molecule has 126 valence electrons. The van der Waals surface area contributed by atoms with Crippen molar-refractivity contribution in [3.8, 4) is 0 Å². The third kappa shape index (κ3) is 2.69. The molecule has 7 heteroatoms. The summed E-state index contributed by atoms with van der Waals surface area (Å²) in [5, 5.41) is 13.5. The summed E-state index contributed by atoms with van der Waals surface area (Å²) in [6, 6.07) is 2.60. The Bertz CT molecular complexity index is 844. The highest BCUT2D eigenvalue weighted by Crippen LogP contribution is 2.38. The van der Waals surface area contributed by atoms with Gasteiger partial charge in [0, 0.05) is 11.6 Å². The molecular weight excluding hydrogens is 324 g/mol. The molecule has 0 bridgehead atoms. The molecule has 6 nitrogen and oxygen atoms in total. The van der Waals surface area contributed by atoms with Crippen LogP contribution in [0.4, 0.5) is 0 Å². The van der Waals surface area contributed by atoms with Crippen molar-refractivity contribution in [2.24, 2.45) is 0 Å². The van der Waals surface area contributed by atoms with Crippen LogP contribution in [-0.4, -0.2) is 29.9 Å². The molecule has 4 rings (SSSR count). The first kappa shape index (κ1) is 15.6. The van der Waals surface area contributed by atoms with Crippen LogP contribution in [-0.2, 0) is 0 Å². The van der Waals surface area contributed by atoms with Crippen LogP contribution >= 0.6 is 11.6 Å². The van der Waals surface area contributed by atoms with Gasteiger partial charge in [-0.1, -0.05) is 25.4 Å². The zero-order valence-electron chi connectivity index (χ0n) is 13.9. The van der Waals surface area contributed by atoms with Gasteiger partial charge in [0.2, 0.25) is 0 Å². The van der Waals surface area contributed by atoms with E-state index in [4.69, 9.17) is 11.6 Å². The lowest BCUT2D eigenvalue weighted by Crippen LogP contribution is -2.18. The van der Waals surface area contributed by atoms with Gasteiger partial charge in [0.05, 0.1) is 23.3 Å². The first-order valence-corrected chi connectivity index (χ1v) is 8.90. The third-order valence-electron chi connectivity index (χ3n) is 5.03. The van der Waals surface area contributed by atoms with Gasteiger partial charge in [0.25, 0.3) is 0 Å². The zero-order chi connectivity index (χ0) is 16.7. The maximum atomic E-state index is 6.12. The van der Waals surface area contributed by atoms with Gasteiger partial charge in [0.15, 0.2) is 5.65 Å². The quantitative estimate of drug-likeness (QED) is 0.722. The molecule has 0 atom stereocenters. The van der Waals surface area contributed by atoms with Gasteiger partial charge >= 0.3 is 0 Å². The summed E-state index contributed by atoms with van der Waals surface area (Å²) in [4.78, 5) is 8.39. The van der Waals surface area contributed by atoms with Crippen molar-refractivity contribution in [1.82, 2.24) is 29.9 Å². The fourth-order valence-electron chi connectivity index (χ4n) is 3.59. The number of nitrogens with zero attached hydrogens (tertiary/aromatic N) is 5. The van der Waals surface area contributed by atoms with Crippen LogP contribution in [0, 0.1) is 0 Å². The lowest BCUT2D eigenvalue weighted by Gasteiger charge is -2.28. The van der Waals surface area contributed by atoms with E-state index >= 15 is 0 Å². The van der Waals surface area contributed by atoms with Crippen molar-refractivity contribution >= 4 is 22.6 Å². The fraction of sp³-hybridized carbons (Fsp3) is 0.529. The topological polar surface area (TPSA) is 72.3 Å². The molecule has 24 heavy (non-hydrogen) atoms. The highest BCUT2D eigenvalue weighted by molar-refractivity contribution is 6.33. The van der Waals surface area contributed by atoms with Crippen molar-refractivity contribution in [3.63, 3.8) is 0 Å². The number of aromatic amines is 1. The second-order valence-electron chi connectivity index (χ2n) is 6.90. The van der Waals surface area contributed by atoms with Crippen LogP contribution in [0.5, 0.6) is 0 Å². The molecule has 0 aromatic carbocycles. The van der Waals surface area contributed by atoms with Crippen molar-refractivity contribution in [2.75, 3.05) is 0 Å². The van der Waals surface area contributed by atoms with Crippen LogP contribution in [0.15, 0.2) is 18.6 Å². The van der Waals surface area contributed by atoms with E-state index in [0.29, 0.717) is 23.0 Å². The molecule has 0 spiro atoms. The molecule has 0 radical (unpaired) electrons. The number of H-pyrrole nitrogens is 1. The summed E-state index contributed by atoms with van der Waals surface area (Å²) in [5.41, 5.74) is 3.26. The average Bonchev–Trinajstić information content (AvgIpc) is 3.23. The van der Waals surface area contributed by atoms with Crippen LogP contribution < -0.4 is 0 Å². The van der Waals surface area contributed by atoms with Gasteiger partial charge in [0.1, 0.15) is 11.5 Å². The van der Waals surface area contributed by atoms with E-state index in [1.165, 1.54) is 12.0 Å². The van der Waals surface area contributed by atoms with Gasteiger partial charge in [-0.25, -0.2) is 14.6 Å². The van der Waals surface area contributed by atoms with Crippen LogP contribution in [0.25, 0.3) is 11.0 Å². The highest BCUT2D eigenvalue weighted by Gasteiger charge is 2.27. The summed E-state index contributed by atoms with van der Waals surface area (Å²) in [7, 11) is 0. The number of nitrogens with one attached hydrogen (secondary N) is 1. The second kappa shape index (κ2) is 6.16. The zero-order valence-corrected chi connectivity index (χ0v) is 14.7. The van der Waals surface area contributed by atoms with Crippen molar-refractivity contribution in [1.29, 1.82) is 0 Å². The Labute approximate surface area is 145 Å². The summed E-state index contributed by atoms with van der Waals surface area (Å²) in [6.07, 6.45) is 7.70. The Hall–Kier alpha value is -1.95. The van der Waals surface area contributed by atoms with Crippen LogP contribution in [0.1, 0.15) is 68.8 Å². The molecular formula is C17H21ClN6.